The van der Waals surface area contributed by atoms with E-state index in [4.69, 9.17) is 33.4 Å². The molecular formula is C10H13Cl2NO2. The number of halogens is 2. The first-order valence-corrected chi connectivity index (χ1v) is 5.36. The Kier molecular flexibility index (Phi) is 5.19. The minimum absolute atomic E-state index is 0.0280. The van der Waals surface area contributed by atoms with Gasteiger partial charge in [0.2, 0.25) is 0 Å². The first-order valence-electron chi connectivity index (χ1n) is 4.60. The molecule has 0 amide bonds. The zero-order valence-corrected chi connectivity index (χ0v) is 9.67. The highest BCUT2D eigenvalue weighted by atomic mass is 35.5. The van der Waals surface area contributed by atoms with Gasteiger partial charge in [0.15, 0.2) is 0 Å². The summed E-state index contributed by atoms with van der Waals surface area (Å²) in [5.41, 5.74) is 0.840. The van der Waals surface area contributed by atoms with Gasteiger partial charge in [0, 0.05) is 18.8 Å². The normalized spacial score (nSPS) is 10.4. The van der Waals surface area contributed by atoms with Gasteiger partial charge in [-0.3, -0.25) is 0 Å². The van der Waals surface area contributed by atoms with Crippen LogP contribution < -0.4 is 4.90 Å². The minimum Gasteiger partial charge on any atom is -0.395 e. The lowest BCUT2D eigenvalue weighted by atomic mass is 10.3. The van der Waals surface area contributed by atoms with Crippen molar-refractivity contribution in [3.63, 3.8) is 0 Å². The molecule has 0 spiro atoms. The van der Waals surface area contributed by atoms with Crippen molar-refractivity contribution in [1.82, 2.24) is 0 Å². The van der Waals surface area contributed by atoms with Crippen LogP contribution in [0.4, 0.5) is 5.69 Å². The smallest absolute Gasteiger partial charge is 0.0612 e. The van der Waals surface area contributed by atoms with Crippen LogP contribution in [0.5, 0.6) is 0 Å². The molecule has 0 saturated heterocycles. The summed E-state index contributed by atoms with van der Waals surface area (Å²) in [7, 11) is 0. The second kappa shape index (κ2) is 6.18. The van der Waals surface area contributed by atoms with Gasteiger partial charge < -0.3 is 15.1 Å². The van der Waals surface area contributed by atoms with Gasteiger partial charge in [-0.2, -0.15) is 0 Å². The Morgan fingerprint density at radius 2 is 1.60 bits per heavy atom. The summed E-state index contributed by atoms with van der Waals surface area (Å²) in [6, 6.07) is 5.22. The second-order valence-electron chi connectivity index (χ2n) is 3.03. The summed E-state index contributed by atoms with van der Waals surface area (Å²) in [6.45, 7) is 0.970. The van der Waals surface area contributed by atoms with E-state index in [2.05, 4.69) is 0 Å². The summed E-state index contributed by atoms with van der Waals surface area (Å²) in [5.74, 6) is 0. The lowest BCUT2D eigenvalue weighted by Crippen LogP contribution is -2.29. The van der Waals surface area contributed by atoms with E-state index in [0.717, 1.165) is 5.69 Å². The molecule has 2 N–H and O–H groups in total. The molecule has 0 aromatic heterocycles. The maximum Gasteiger partial charge on any atom is 0.0612 e. The van der Waals surface area contributed by atoms with Crippen molar-refractivity contribution in [3.05, 3.63) is 28.2 Å². The number of anilines is 1. The van der Waals surface area contributed by atoms with E-state index in [1.165, 1.54) is 0 Å². The van der Waals surface area contributed by atoms with E-state index >= 15 is 0 Å². The fourth-order valence-electron chi connectivity index (χ4n) is 1.29. The third-order valence-electron chi connectivity index (χ3n) is 2.01. The van der Waals surface area contributed by atoms with Gasteiger partial charge in [-0.25, -0.2) is 0 Å². The maximum absolute atomic E-state index is 8.87. The molecule has 15 heavy (non-hydrogen) atoms. The maximum atomic E-state index is 8.87. The number of hydrogen-bond donors (Lipinski definition) is 2. The van der Waals surface area contributed by atoms with E-state index in [-0.39, 0.29) is 13.2 Å². The van der Waals surface area contributed by atoms with Gasteiger partial charge in [-0.15, -0.1) is 0 Å². The van der Waals surface area contributed by atoms with E-state index in [9.17, 15) is 0 Å². The summed E-state index contributed by atoms with van der Waals surface area (Å²) in [5, 5.41) is 18.7. The topological polar surface area (TPSA) is 43.7 Å². The number of benzene rings is 1. The van der Waals surface area contributed by atoms with Crippen molar-refractivity contribution in [3.8, 4) is 0 Å². The zero-order chi connectivity index (χ0) is 11.3. The fourth-order valence-corrected chi connectivity index (χ4v) is 1.59. The largest absolute Gasteiger partial charge is 0.395 e. The van der Waals surface area contributed by atoms with Gasteiger partial charge in [-0.05, 0) is 18.2 Å². The van der Waals surface area contributed by atoms with Crippen LogP contribution in [-0.2, 0) is 0 Å². The van der Waals surface area contributed by atoms with Crippen LogP contribution in [0.25, 0.3) is 0 Å². The van der Waals surface area contributed by atoms with Gasteiger partial charge in [-0.1, -0.05) is 23.2 Å². The summed E-state index contributed by atoms with van der Waals surface area (Å²) in [6.07, 6.45) is 0. The van der Waals surface area contributed by atoms with Crippen LogP contribution >= 0.6 is 23.2 Å². The molecular weight excluding hydrogens is 237 g/mol. The van der Waals surface area contributed by atoms with E-state index in [0.29, 0.717) is 23.1 Å². The molecule has 0 saturated carbocycles. The van der Waals surface area contributed by atoms with E-state index < -0.39 is 0 Å². The average Bonchev–Trinajstić information content (AvgIpc) is 2.22. The average molecular weight is 250 g/mol. The van der Waals surface area contributed by atoms with Gasteiger partial charge in [0.1, 0.15) is 0 Å². The monoisotopic (exact) mass is 249 g/mol. The molecule has 84 valence electrons. The van der Waals surface area contributed by atoms with Crippen molar-refractivity contribution >= 4 is 28.9 Å². The summed E-state index contributed by atoms with van der Waals surface area (Å²) in [4.78, 5) is 1.84. The molecule has 0 bridgehead atoms. The lowest BCUT2D eigenvalue weighted by Gasteiger charge is -2.23. The summed E-state index contributed by atoms with van der Waals surface area (Å²) < 4.78 is 0. The molecule has 0 fully saturated rings. The minimum atomic E-state index is 0.0280. The zero-order valence-electron chi connectivity index (χ0n) is 8.16. The number of hydrogen-bond acceptors (Lipinski definition) is 3. The summed E-state index contributed by atoms with van der Waals surface area (Å²) >= 11 is 11.7. The van der Waals surface area contributed by atoms with Crippen molar-refractivity contribution in [2.45, 2.75) is 0 Å². The van der Waals surface area contributed by atoms with Gasteiger partial charge in [0.05, 0.1) is 23.3 Å². The third-order valence-corrected chi connectivity index (χ3v) is 2.75. The van der Waals surface area contributed by atoms with Gasteiger partial charge in [0.25, 0.3) is 0 Å². The Labute approximate surface area is 98.8 Å². The quantitative estimate of drug-likeness (QED) is 0.837. The van der Waals surface area contributed by atoms with Crippen LogP contribution in [0, 0.1) is 0 Å². The number of aliphatic hydroxyl groups is 2. The highest BCUT2D eigenvalue weighted by molar-refractivity contribution is 6.42. The predicted molar refractivity (Wildman–Crippen MR) is 62.8 cm³/mol. The Morgan fingerprint density at radius 3 is 2.07 bits per heavy atom. The highest BCUT2D eigenvalue weighted by Crippen LogP contribution is 2.26. The molecule has 0 heterocycles. The number of nitrogens with zero attached hydrogens (tertiary/aromatic N) is 1. The van der Waals surface area contributed by atoms with Crippen LogP contribution in [-0.4, -0.2) is 36.5 Å². The van der Waals surface area contributed by atoms with Crippen molar-refractivity contribution < 1.29 is 10.2 Å². The number of rotatable bonds is 5. The predicted octanol–water partition coefficient (Wildman–Crippen LogP) is 1.78. The molecule has 0 aliphatic heterocycles. The molecule has 1 aromatic carbocycles. The van der Waals surface area contributed by atoms with Crippen molar-refractivity contribution in [1.29, 1.82) is 0 Å². The SMILES string of the molecule is OCCN(CCO)c1ccc(Cl)c(Cl)c1. The highest BCUT2D eigenvalue weighted by Gasteiger charge is 2.07. The third kappa shape index (κ3) is 3.54. The van der Waals surface area contributed by atoms with E-state index in [1.54, 1.807) is 18.2 Å². The molecule has 0 aliphatic carbocycles. The first kappa shape index (κ1) is 12.6. The molecule has 0 radical (unpaired) electrons. The Balaban J connectivity index is 2.85. The molecule has 0 atom stereocenters. The molecule has 1 rings (SSSR count). The number of aliphatic hydroxyl groups excluding tert-OH is 2. The van der Waals surface area contributed by atoms with Crippen LogP contribution in [0.1, 0.15) is 0 Å². The molecule has 5 heteroatoms. The first-order chi connectivity index (χ1) is 7.19. The molecule has 3 nitrogen and oxygen atoms in total. The van der Waals surface area contributed by atoms with Crippen LogP contribution in [0.15, 0.2) is 18.2 Å². The van der Waals surface area contributed by atoms with E-state index in [1.807, 2.05) is 4.90 Å². The van der Waals surface area contributed by atoms with Crippen LogP contribution in [0.2, 0.25) is 10.0 Å². The van der Waals surface area contributed by atoms with Gasteiger partial charge >= 0.3 is 0 Å². The van der Waals surface area contributed by atoms with Crippen molar-refractivity contribution in [2.75, 3.05) is 31.2 Å². The Hall–Kier alpha value is -0.480. The van der Waals surface area contributed by atoms with Crippen LogP contribution in [0.3, 0.4) is 0 Å². The standard InChI is InChI=1S/C10H13Cl2NO2/c11-9-2-1-8(7-10(9)12)13(3-5-14)4-6-15/h1-2,7,14-15H,3-6H2. The fraction of sp³-hybridized carbons (Fsp3) is 0.400. The Morgan fingerprint density at radius 1 is 1.00 bits per heavy atom. The molecule has 1 aromatic rings. The molecule has 0 unspecified atom stereocenters. The Bertz CT molecular complexity index is 314. The molecule has 0 aliphatic rings. The second-order valence-corrected chi connectivity index (χ2v) is 3.85. The lowest BCUT2D eigenvalue weighted by molar-refractivity contribution is 0.281. The van der Waals surface area contributed by atoms with Crippen molar-refractivity contribution in [2.24, 2.45) is 0 Å².